The van der Waals surface area contributed by atoms with Crippen LogP contribution < -0.4 is 10.1 Å². The smallest absolute Gasteiger partial charge is 0.137 e. The van der Waals surface area contributed by atoms with Crippen molar-refractivity contribution < 1.29 is 4.74 Å². The van der Waals surface area contributed by atoms with Gasteiger partial charge in [0.1, 0.15) is 5.75 Å². The molecule has 0 amide bonds. The second-order valence-electron chi connectivity index (χ2n) is 4.16. The predicted octanol–water partition coefficient (Wildman–Crippen LogP) is 1.77. The third-order valence-corrected chi connectivity index (χ3v) is 2.77. The first kappa shape index (κ1) is 10.4. The summed E-state index contributed by atoms with van der Waals surface area (Å²) in [6, 6.07) is 3.97. The van der Waals surface area contributed by atoms with Gasteiger partial charge in [-0.25, -0.2) is 0 Å². The maximum Gasteiger partial charge on any atom is 0.137 e. The fourth-order valence-corrected chi connectivity index (χ4v) is 1.82. The van der Waals surface area contributed by atoms with Crippen LogP contribution >= 0.6 is 0 Å². The molecule has 1 atom stereocenters. The summed E-state index contributed by atoms with van der Waals surface area (Å²) in [6.45, 7) is 5.02. The fourth-order valence-electron chi connectivity index (χ4n) is 1.82. The van der Waals surface area contributed by atoms with Gasteiger partial charge in [0.2, 0.25) is 0 Å². The van der Waals surface area contributed by atoms with Crippen LogP contribution in [0.1, 0.15) is 18.5 Å². The molecule has 1 aromatic heterocycles. The first-order valence-corrected chi connectivity index (χ1v) is 5.61. The van der Waals surface area contributed by atoms with E-state index in [0.29, 0.717) is 5.92 Å². The molecular weight excluding hydrogens is 188 g/mol. The highest BCUT2D eigenvalue weighted by Crippen LogP contribution is 2.14. The van der Waals surface area contributed by atoms with Gasteiger partial charge in [0.25, 0.3) is 0 Å². The monoisotopic (exact) mass is 206 g/mol. The molecule has 2 rings (SSSR count). The van der Waals surface area contributed by atoms with Crippen LogP contribution in [0.25, 0.3) is 0 Å². The maximum atomic E-state index is 5.70. The second kappa shape index (κ2) is 5.12. The van der Waals surface area contributed by atoms with Crippen molar-refractivity contribution in [2.45, 2.75) is 19.8 Å². The molecule has 0 radical (unpaired) electrons. The minimum atomic E-state index is 0.653. The number of piperidine rings is 1. The van der Waals surface area contributed by atoms with Gasteiger partial charge in [-0.05, 0) is 38.4 Å². The summed E-state index contributed by atoms with van der Waals surface area (Å²) < 4.78 is 5.70. The van der Waals surface area contributed by atoms with Gasteiger partial charge in [-0.1, -0.05) is 0 Å². The van der Waals surface area contributed by atoms with Crippen molar-refractivity contribution >= 4 is 0 Å². The highest BCUT2D eigenvalue weighted by atomic mass is 16.5. The molecule has 0 aromatic carbocycles. The summed E-state index contributed by atoms with van der Waals surface area (Å²) in [5.74, 6) is 1.53. The fraction of sp³-hybridized carbons (Fsp3) is 0.583. The molecule has 1 fully saturated rings. The summed E-state index contributed by atoms with van der Waals surface area (Å²) >= 11 is 0. The van der Waals surface area contributed by atoms with E-state index in [1.165, 1.54) is 12.8 Å². The third-order valence-electron chi connectivity index (χ3n) is 2.77. The lowest BCUT2D eigenvalue weighted by Gasteiger charge is -2.22. The van der Waals surface area contributed by atoms with Crippen LogP contribution in [-0.2, 0) is 0 Å². The van der Waals surface area contributed by atoms with Crippen LogP contribution in [0.15, 0.2) is 18.3 Å². The van der Waals surface area contributed by atoms with Gasteiger partial charge in [-0.3, -0.25) is 4.98 Å². The van der Waals surface area contributed by atoms with Crippen molar-refractivity contribution in [1.29, 1.82) is 0 Å². The molecule has 82 valence electrons. The first-order valence-electron chi connectivity index (χ1n) is 5.61. The van der Waals surface area contributed by atoms with Crippen LogP contribution in [0.2, 0.25) is 0 Å². The molecule has 2 heterocycles. The van der Waals surface area contributed by atoms with Crippen LogP contribution in [0.4, 0.5) is 0 Å². The molecule has 1 aromatic rings. The van der Waals surface area contributed by atoms with Crippen molar-refractivity contribution in [3.63, 3.8) is 0 Å². The van der Waals surface area contributed by atoms with E-state index in [4.69, 9.17) is 4.74 Å². The number of nitrogens with one attached hydrogen (secondary N) is 1. The molecule has 0 spiro atoms. The van der Waals surface area contributed by atoms with Gasteiger partial charge < -0.3 is 10.1 Å². The van der Waals surface area contributed by atoms with Gasteiger partial charge in [0.15, 0.2) is 0 Å². The van der Waals surface area contributed by atoms with E-state index in [9.17, 15) is 0 Å². The van der Waals surface area contributed by atoms with E-state index < -0.39 is 0 Å². The van der Waals surface area contributed by atoms with Crippen molar-refractivity contribution in [3.05, 3.63) is 24.0 Å². The number of nitrogens with zero attached hydrogens (tertiary/aromatic N) is 1. The molecule has 1 aliphatic rings. The summed E-state index contributed by atoms with van der Waals surface area (Å²) in [5, 5.41) is 3.38. The quantitative estimate of drug-likeness (QED) is 0.818. The van der Waals surface area contributed by atoms with E-state index in [0.717, 1.165) is 31.1 Å². The Labute approximate surface area is 90.9 Å². The Bertz CT molecular complexity index is 291. The Morgan fingerprint density at radius 2 is 2.47 bits per heavy atom. The molecule has 1 aliphatic heterocycles. The van der Waals surface area contributed by atoms with Crippen LogP contribution in [-0.4, -0.2) is 24.7 Å². The molecule has 3 nitrogen and oxygen atoms in total. The zero-order valence-corrected chi connectivity index (χ0v) is 9.20. The summed E-state index contributed by atoms with van der Waals surface area (Å²) in [5.41, 5.74) is 1.03. The Hall–Kier alpha value is -1.09. The van der Waals surface area contributed by atoms with Crippen molar-refractivity contribution in [1.82, 2.24) is 10.3 Å². The highest BCUT2D eigenvalue weighted by Gasteiger charge is 2.13. The molecule has 1 saturated heterocycles. The molecular formula is C12H18N2O. The standard InChI is InChI=1S/C12H18N2O/c1-10-4-5-12(8-14-10)15-9-11-3-2-6-13-7-11/h4-5,8,11,13H,2-3,6-7,9H2,1H3. The molecule has 0 aliphatic carbocycles. The minimum Gasteiger partial charge on any atom is -0.492 e. The summed E-state index contributed by atoms with van der Waals surface area (Å²) in [4.78, 5) is 4.20. The normalized spacial score (nSPS) is 21.3. The van der Waals surface area contributed by atoms with Gasteiger partial charge in [-0.2, -0.15) is 0 Å². The molecule has 3 heteroatoms. The van der Waals surface area contributed by atoms with E-state index >= 15 is 0 Å². The number of aryl methyl sites for hydroxylation is 1. The van der Waals surface area contributed by atoms with Crippen molar-refractivity contribution in [2.24, 2.45) is 5.92 Å². The first-order chi connectivity index (χ1) is 7.34. The van der Waals surface area contributed by atoms with E-state index in [1.807, 2.05) is 19.1 Å². The Balaban J connectivity index is 1.79. The van der Waals surface area contributed by atoms with Crippen molar-refractivity contribution in [2.75, 3.05) is 19.7 Å². The summed E-state index contributed by atoms with van der Waals surface area (Å²) in [7, 11) is 0. The number of hydrogen-bond donors (Lipinski definition) is 1. The lowest BCUT2D eigenvalue weighted by molar-refractivity contribution is 0.218. The second-order valence-corrected chi connectivity index (χ2v) is 4.16. The largest absolute Gasteiger partial charge is 0.492 e. The maximum absolute atomic E-state index is 5.70. The number of ether oxygens (including phenoxy) is 1. The van der Waals surface area contributed by atoms with E-state index in [2.05, 4.69) is 10.3 Å². The Morgan fingerprint density at radius 3 is 3.13 bits per heavy atom. The highest BCUT2D eigenvalue weighted by molar-refractivity contribution is 5.19. The lowest BCUT2D eigenvalue weighted by atomic mass is 10.0. The minimum absolute atomic E-state index is 0.653. The molecule has 1 N–H and O–H groups in total. The molecule has 0 saturated carbocycles. The van der Waals surface area contributed by atoms with Gasteiger partial charge >= 0.3 is 0 Å². The number of rotatable bonds is 3. The molecule has 1 unspecified atom stereocenters. The van der Waals surface area contributed by atoms with Gasteiger partial charge in [0, 0.05) is 18.2 Å². The molecule has 15 heavy (non-hydrogen) atoms. The predicted molar refractivity (Wildman–Crippen MR) is 60.1 cm³/mol. The van der Waals surface area contributed by atoms with E-state index in [1.54, 1.807) is 6.20 Å². The zero-order chi connectivity index (χ0) is 10.5. The summed E-state index contributed by atoms with van der Waals surface area (Å²) in [6.07, 6.45) is 4.33. The average Bonchev–Trinajstić information content (AvgIpc) is 2.30. The van der Waals surface area contributed by atoms with Gasteiger partial charge in [-0.15, -0.1) is 0 Å². The Morgan fingerprint density at radius 1 is 1.53 bits per heavy atom. The number of pyridine rings is 1. The van der Waals surface area contributed by atoms with Crippen molar-refractivity contribution in [3.8, 4) is 5.75 Å². The number of aromatic nitrogens is 1. The number of hydrogen-bond acceptors (Lipinski definition) is 3. The lowest BCUT2D eigenvalue weighted by Crippen LogP contribution is -2.33. The topological polar surface area (TPSA) is 34.1 Å². The SMILES string of the molecule is Cc1ccc(OCC2CCCNC2)cn1. The van der Waals surface area contributed by atoms with Gasteiger partial charge in [0.05, 0.1) is 12.8 Å². The Kier molecular flexibility index (Phi) is 3.56. The van der Waals surface area contributed by atoms with Crippen LogP contribution in [0.5, 0.6) is 5.75 Å². The van der Waals surface area contributed by atoms with Crippen LogP contribution in [0, 0.1) is 12.8 Å². The third kappa shape index (κ3) is 3.20. The van der Waals surface area contributed by atoms with Crippen LogP contribution in [0.3, 0.4) is 0 Å². The molecule has 0 bridgehead atoms. The zero-order valence-electron chi connectivity index (χ0n) is 9.20. The average molecular weight is 206 g/mol. The van der Waals surface area contributed by atoms with E-state index in [-0.39, 0.29) is 0 Å².